The Balaban J connectivity index is 2.36. The molecule has 82 valence electrons. The highest BCUT2D eigenvalue weighted by Crippen LogP contribution is 2.37. The molecule has 0 bridgehead atoms. The van der Waals surface area contributed by atoms with Crippen LogP contribution in [-0.4, -0.2) is 10.9 Å². The molecule has 0 aliphatic heterocycles. The van der Waals surface area contributed by atoms with E-state index in [2.05, 4.69) is 6.07 Å². The van der Waals surface area contributed by atoms with E-state index >= 15 is 0 Å². The zero-order valence-electron chi connectivity index (χ0n) is 8.94. The van der Waals surface area contributed by atoms with E-state index in [9.17, 15) is 9.90 Å². The van der Waals surface area contributed by atoms with E-state index in [-0.39, 0.29) is 5.78 Å². The van der Waals surface area contributed by atoms with Gasteiger partial charge >= 0.3 is 0 Å². The van der Waals surface area contributed by atoms with E-state index in [0.29, 0.717) is 36.8 Å². The maximum absolute atomic E-state index is 11.2. The van der Waals surface area contributed by atoms with E-state index in [0.717, 1.165) is 0 Å². The first-order valence-electron chi connectivity index (χ1n) is 5.39. The Labute approximate surface area is 94.3 Å². The van der Waals surface area contributed by atoms with Gasteiger partial charge in [0.1, 0.15) is 5.78 Å². The highest BCUT2D eigenvalue weighted by Gasteiger charge is 2.35. The van der Waals surface area contributed by atoms with Crippen LogP contribution < -0.4 is 0 Å². The zero-order valence-corrected chi connectivity index (χ0v) is 8.94. The lowest BCUT2D eigenvalue weighted by Gasteiger charge is -2.32. The maximum Gasteiger partial charge on any atom is 0.133 e. The van der Waals surface area contributed by atoms with Crippen molar-refractivity contribution in [3.8, 4) is 6.07 Å². The van der Waals surface area contributed by atoms with Crippen LogP contribution >= 0.6 is 0 Å². The van der Waals surface area contributed by atoms with Crippen molar-refractivity contribution in [2.24, 2.45) is 0 Å². The number of rotatable bonds is 1. The molecule has 0 amide bonds. The SMILES string of the molecule is N#Cc1ccccc1C1(O)CCC(=O)CC1. The first-order valence-corrected chi connectivity index (χ1v) is 5.39. The van der Waals surface area contributed by atoms with Crippen LogP contribution in [0.4, 0.5) is 0 Å². The van der Waals surface area contributed by atoms with Crippen LogP contribution in [0.25, 0.3) is 0 Å². The number of nitrogens with zero attached hydrogens (tertiary/aromatic N) is 1. The summed E-state index contributed by atoms with van der Waals surface area (Å²) < 4.78 is 0. The molecule has 2 rings (SSSR count). The van der Waals surface area contributed by atoms with E-state index in [1.807, 2.05) is 6.07 Å². The highest BCUT2D eigenvalue weighted by molar-refractivity contribution is 5.79. The molecule has 16 heavy (non-hydrogen) atoms. The van der Waals surface area contributed by atoms with Crippen LogP contribution in [0.3, 0.4) is 0 Å². The van der Waals surface area contributed by atoms with Crippen molar-refractivity contribution in [1.82, 2.24) is 0 Å². The van der Waals surface area contributed by atoms with E-state index < -0.39 is 5.60 Å². The third-order valence-electron chi connectivity index (χ3n) is 3.18. The average Bonchev–Trinajstić information content (AvgIpc) is 2.33. The van der Waals surface area contributed by atoms with Crippen LogP contribution in [0.2, 0.25) is 0 Å². The molecule has 0 spiro atoms. The van der Waals surface area contributed by atoms with Gasteiger partial charge in [0, 0.05) is 18.4 Å². The number of carbonyl (C=O) groups excluding carboxylic acids is 1. The second-order valence-corrected chi connectivity index (χ2v) is 4.23. The lowest BCUT2D eigenvalue weighted by molar-refractivity contribution is -0.125. The summed E-state index contributed by atoms with van der Waals surface area (Å²) in [4.78, 5) is 11.2. The predicted octanol–water partition coefficient (Wildman–Crippen LogP) is 1.89. The first kappa shape index (κ1) is 10.8. The number of benzene rings is 1. The maximum atomic E-state index is 11.2. The van der Waals surface area contributed by atoms with Crippen LogP contribution in [0.5, 0.6) is 0 Å². The van der Waals surface area contributed by atoms with Gasteiger partial charge < -0.3 is 5.11 Å². The largest absolute Gasteiger partial charge is 0.385 e. The summed E-state index contributed by atoms with van der Waals surface area (Å²) >= 11 is 0. The van der Waals surface area contributed by atoms with E-state index in [4.69, 9.17) is 5.26 Å². The smallest absolute Gasteiger partial charge is 0.133 e. The molecule has 3 heteroatoms. The Morgan fingerprint density at radius 3 is 2.50 bits per heavy atom. The van der Waals surface area contributed by atoms with Crippen molar-refractivity contribution in [3.05, 3.63) is 35.4 Å². The van der Waals surface area contributed by atoms with Gasteiger partial charge in [0.05, 0.1) is 17.2 Å². The van der Waals surface area contributed by atoms with Crippen molar-refractivity contribution in [2.75, 3.05) is 0 Å². The molecule has 1 aliphatic carbocycles. The second kappa shape index (κ2) is 4.07. The van der Waals surface area contributed by atoms with Crippen LogP contribution in [0.15, 0.2) is 24.3 Å². The predicted molar refractivity (Wildman–Crippen MR) is 58.5 cm³/mol. The highest BCUT2D eigenvalue weighted by atomic mass is 16.3. The Kier molecular flexibility index (Phi) is 2.76. The number of hydrogen-bond donors (Lipinski definition) is 1. The monoisotopic (exact) mass is 215 g/mol. The van der Waals surface area contributed by atoms with Gasteiger partial charge in [-0.05, 0) is 18.9 Å². The molecule has 0 aromatic heterocycles. The van der Waals surface area contributed by atoms with Gasteiger partial charge in [-0.25, -0.2) is 0 Å². The Bertz CT molecular complexity index is 449. The minimum atomic E-state index is -1.000. The number of Topliss-reactive ketones (excluding diaryl/α,β-unsaturated/α-hetero) is 1. The summed E-state index contributed by atoms with van der Waals surface area (Å²) in [7, 11) is 0. The number of carbonyl (C=O) groups is 1. The summed E-state index contributed by atoms with van der Waals surface area (Å²) in [5.41, 5.74) is 0.157. The molecular formula is C13H13NO2. The third kappa shape index (κ3) is 1.84. The summed E-state index contributed by atoms with van der Waals surface area (Å²) in [6.45, 7) is 0. The van der Waals surface area contributed by atoms with Crippen molar-refractivity contribution in [3.63, 3.8) is 0 Å². The van der Waals surface area contributed by atoms with Gasteiger partial charge in [-0.2, -0.15) is 5.26 Å². The fourth-order valence-corrected chi connectivity index (χ4v) is 2.20. The molecule has 1 aromatic rings. The van der Waals surface area contributed by atoms with Gasteiger partial charge in [0.25, 0.3) is 0 Å². The molecule has 1 N–H and O–H groups in total. The van der Waals surface area contributed by atoms with Crippen molar-refractivity contribution in [1.29, 1.82) is 5.26 Å². The molecule has 0 atom stereocenters. The zero-order chi connectivity index (χ0) is 11.6. The molecule has 0 radical (unpaired) electrons. The van der Waals surface area contributed by atoms with Gasteiger partial charge in [-0.15, -0.1) is 0 Å². The molecular weight excluding hydrogens is 202 g/mol. The summed E-state index contributed by atoms with van der Waals surface area (Å²) in [6, 6.07) is 9.14. The van der Waals surface area contributed by atoms with Crippen LogP contribution in [0.1, 0.15) is 36.8 Å². The van der Waals surface area contributed by atoms with Crippen LogP contribution in [-0.2, 0) is 10.4 Å². The Hall–Kier alpha value is -1.66. The fourth-order valence-electron chi connectivity index (χ4n) is 2.20. The molecule has 1 aliphatic rings. The third-order valence-corrected chi connectivity index (χ3v) is 3.18. The average molecular weight is 215 g/mol. The Morgan fingerprint density at radius 1 is 1.25 bits per heavy atom. The Morgan fingerprint density at radius 2 is 1.88 bits per heavy atom. The van der Waals surface area contributed by atoms with Crippen LogP contribution in [0, 0.1) is 11.3 Å². The fraction of sp³-hybridized carbons (Fsp3) is 0.385. The summed E-state index contributed by atoms with van der Waals surface area (Å²) in [5, 5.41) is 19.5. The van der Waals surface area contributed by atoms with Gasteiger partial charge in [0.15, 0.2) is 0 Å². The van der Waals surface area contributed by atoms with Crippen molar-refractivity contribution in [2.45, 2.75) is 31.3 Å². The number of ketones is 1. The first-order chi connectivity index (χ1) is 7.65. The number of nitriles is 1. The number of aliphatic hydroxyl groups is 1. The topological polar surface area (TPSA) is 61.1 Å². The molecule has 3 nitrogen and oxygen atoms in total. The quantitative estimate of drug-likeness (QED) is 0.778. The van der Waals surface area contributed by atoms with Crippen molar-refractivity contribution >= 4 is 5.78 Å². The minimum Gasteiger partial charge on any atom is -0.385 e. The standard InChI is InChI=1S/C13H13NO2/c14-9-10-3-1-2-4-12(10)13(16)7-5-11(15)6-8-13/h1-4,16H,5-8H2. The lowest BCUT2D eigenvalue weighted by Crippen LogP contribution is -2.32. The van der Waals surface area contributed by atoms with Gasteiger partial charge in [0.2, 0.25) is 0 Å². The molecule has 1 aromatic carbocycles. The van der Waals surface area contributed by atoms with E-state index in [1.165, 1.54) is 0 Å². The summed E-state index contributed by atoms with van der Waals surface area (Å²) in [6.07, 6.45) is 1.64. The molecule has 0 unspecified atom stereocenters. The molecule has 0 heterocycles. The number of hydrogen-bond acceptors (Lipinski definition) is 3. The van der Waals surface area contributed by atoms with Gasteiger partial charge in [-0.1, -0.05) is 18.2 Å². The summed E-state index contributed by atoms with van der Waals surface area (Å²) in [5.74, 6) is 0.194. The van der Waals surface area contributed by atoms with Gasteiger partial charge in [-0.3, -0.25) is 4.79 Å². The molecule has 1 saturated carbocycles. The normalized spacial score (nSPS) is 19.1. The molecule has 0 saturated heterocycles. The van der Waals surface area contributed by atoms with E-state index in [1.54, 1.807) is 18.2 Å². The minimum absolute atomic E-state index is 0.194. The lowest BCUT2D eigenvalue weighted by atomic mass is 9.77. The van der Waals surface area contributed by atoms with Crippen molar-refractivity contribution < 1.29 is 9.90 Å². The molecule has 1 fully saturated rings. The second-order valence-electron chi connectivity index (χ2n) is 4.23.